The van der Waals surface area contributed by atoms with Gasteiger partial charge in [-0.2, -0.15) is 0 Å². The van der Waals surface area contributed by atoms with E-state index in [9.17, 15) is 14.7 Å². The number of nitrogens with zero attached hydrogens (tertiary/aromatic N) is 1. The van der Waals surface area contributed by atoms with Gasteiger partial charge in [-0.3, -0.25) is 0 Å². The van der Waals surface area contributed by atoms with E-state index < -0.39 is 11.7 Å². The van der Waals surface area contributed by atoms with Crippen molar-refractivity contribution in [2.75, 3.05) is 32.7 Å². The SMILES string of the molecule is CCc1cccc(-c2c(Cl)cccc2C(O)(CCCNC(=O)O)[C@@H]2CCCN(C(=O)NC3CCNCC3)C2)c1. The van der Waals surface area contributed by atoms with Crippen LogP contribution >= 0.6 is 11.6 Å². The Kier molecular flexibility index (Phi) is 10.1. The summed E-state index contributed by atoms with van der Waals surface area (Å²) in [6.45, 7) is 5.18. The van der Waals surface area contributed by atoms with E-state index in [2.05, 4.69) is 35.0 Å². The van der Waals surface area contributed by atoms with Crippen LogP contribution in [0.25, 0.3) is 11.1 Å². The van der Waals surface area contributed by atoms with E-state index in [-0.39, 0.29) is 24.5 Å². The van der Waals surface area contributed by atoms with E-state index in [0.29, 0.717) is 31.0 Å². The minimum Gasteiger partial charge on any atom is -0.465 e. The minimum atomic E-state index is -1.31. The van der Waals surface area contributed by atoms with Gasteiger partial charge in [0.25, 0.3) is 0 Å². The van der Waals surface area contributed by atoms with E-state index in [0.717, 1.165) is 61.9 Å². The number of aliphatic hydroxyl groups is 1. The molecule has 2 aliphatic heterocycles. The summed E-state index contributed by atoms with van der Waals surface area (Å²) in [4.78, 5) is 26.1. The number of halogens is 1. The Bertz CT molecular complexity index is 1140. The summed E-state index contributed by atoms with van der Waals surface area (Å²) < 4.78 is 0. The highest BCUT2D eigenvalue weighted by atomic mass is 35.5. The Labute approximate surface area is 236 Å². The zero-order chi connectivity index (χ0) is 27.8. The molecule has 2 heterocycles. The lowest BCUT2D eigenvalue weighted by atomic mass is 9.72. The van der Waals surface area contributed by atoms with Crippen LogP contribution in [-0.4, -0.2) is 66.0 Å². The molecule has 0 bridgehead atoms. The number of nitrogens with one attached hydrogen (secondary N) is 3. The molecule has 212 valence electrons. The average molecular weight is 557 g/mol. The topological polar surface area (TPSA) is 114 Å². The average Bonchev–Trinajstić information content (AvgIpc) is 2.95. The van der Waals surface area contributed by atoms with Crippen molar-refractivity contribution in [3.63, 3.8) is 0 Å². The molecule has 2 aromatic carbocycles. The standard InChI is InChI=1S/C30H41ClN4O4/c1-2-21-7-3-8-22(19-21)27-25(10-4-11-26(27)31)30(39,14-6-15-33-29(37)38)23-9-5-18-35(20-23)28(36)34-24-12-16-32-17-13-24/h3-4,7-8,10-11,19,23-24,32-33,39H,2,5-6,9,12-18,20H2,1H3,(H,34,36)(H,37,38)/t23-,30?/m1/s1. The van der Waals surface area contributed by atoms with Gasteiger partial charge in [-0.25, -0.2) is 9.59 Å². The molecule has 0 saturated carbocycles. The van der Waals surface area contributed by atoms with Crippen LogP contribution in [0.2, 0.25) is 5.02 Å². The number of likely N-dealkylation sites (tertiary alicyclic amines) is 1. The maximum absolute atomic E-state index is 13.2. The maximum atomic E-state index is 13.2. The summed E-state index contributed by atoms with van der Waals surface area (Å²) in [5.41, 5.74) is 2.32. The number of urea groups is 1. The van der Waals surface area contributed by atoms with Gasteiger partial charge in [0.15, 0.2) is 0 Å². The van der Waals surface area contributed by atoms with Gasteiger partial charge in [0, 0.05) is 42.2 Å². The van der Waals surface area contributed by atoms with Crippen LogP contribution in [0, 0.1) is 5.92 Å². The molecule has 3 amide bonds. The largest absolute Gasteiger partial charge is 0.465 e. The summed E-state index contributed by atoms with van der Waals surface area (Å²) in [6, 6.07) is 13.9. The monoisotopic (exact) mass is 556 g/mol. The molecule has 0 aromatic heterocycles. The van der Waals surface area contributed by atoms with E-state index in [1.807, 2.05) is 35.2 Å². The Morgan fingerprint density at radius 2 is 1.92 bits per heavy atom. The number of hydrogen-bond acceptors (Lipinski definition) is 4. The number of amides is 3. The number of hydrogen-bond donors (Lipinski definition) is 5. The number of aryl methyl sites for hydroxylation is 1. The number of carboxylic acid groups (broad SMARTS) is 1. The molecule has 4 rings (SSSR count). The second-order valence-corrected chi connectivity index (χ2v) is 11.1. The number of carbonyl (C=O) groups is 2. The van der Waals surface area contributed by atoms with E-state index in [4.69, 9.17) is 16.7 Å². The molecule has 0 spiro atoms. The van der Waals surface area contributed by atoms with Crippen molar-refractivity contribution in [2.45, 2.75) is 63.5 Å². The van der Waals surface area contributed by atoms with Gasteiger partial charge in [0.1, 0.15) is 0 Å². The first-order valence-corrected chi connectivity index (χ1v) is 14.5. The van der Waals surface area contributed by atoms with Crippen molar-refractivity contribution < 1.29 is 19.8 Å². The van der Waals surface area contributed by atoms with Gasteiger partial charge < -0.3 is 31.1 Å². The number of rotatable bonds is 9. The number of piperidine rings is 2. The van der Waals surface area contributed by atoms with Crippen LogP contribution in [0.4, 0.5) is 9.59 Å². The molecular weight excluding hydrogens is 516 g/mol. The Hall–Kier alpha value is -2.81. The maximum Gasteiger partial charge on any atom is 0.404 e. The fourth-order valence-corrected chi connectivity index (χ4v) is 6.30. The van der Waals surface area contributed by atoms with E-state index in [1.165, 1.54) is 5.56 Å². The molecule has 0 aliphatic carbocycles. The highest BCUT2D eigenvalue weighted by Crippen LogP contribution is 2.45. The molecule has 5 N–H and O–H groups in total. The molecule has 0 radical (unpaired) electrons. The number of benzene rings is 2. The van der Waals surface area contributed by atoms with Crippen LogP contribution in [0.5, 0.6) is 0 Å². The molecular formula is C30H41ClN4O4. The highest BCUT2D eigenvalue weighted by Gasteiger charge is 2.43. The third kappa shape index (κ3) is 7.24. The van der Waals surface area contributed by atoms with Gasteiger partial charge in [0.2, 0.25) is 0 Å². The zero-order valence-corrected chi connectivity index (χ0v) is 23.5. The molecule has 39 heavy (non-hydrogen) atoms. The second-order valence-electron chi connectivity index (χ2n) is 10.7. The van der Waals surface area contributed by atoms with Gasteiger partial charge in [-0.05, 0) is 80.8 Å². The third-order valence-corrected chi connectivity index (χ3v) is 8.48. The molecule has 8 nitrogen and oxygen atoms in total. The molecule has 2 fully saturated rings. The van der Waals surface area contributed by atoms with Crippen LogP contribution in [0.1, 0.15) is 56.6 Å². The van der Waals surface area contributed by atoms with Crippen molar-refractivity contribution in [1.82, 2.24) is 20.9 Å². The van der Waals surface area contributed by atoms with Crippen molar-refractivity contribution in [2.24, 2.45) is 5.92 Å². The predicted molar refractivity (Wildman–Crippen MR) is 154 cm³/mol. The first-order chi connectivity index (χ1) is 18.8. The van der Waals surface area contributed by atoms with Gasteiger partial charge in [-0.15, -0.1) is 0 Å². The first-order valence-electron chi connectivity index (χ1n) is 14.2. The second kappa shape index (κ2) is 13.5. The van der Waals surface area contributed by atoms with Gasteiger partial charge in [-0.1, -0.05) is 54.9 Å². The van der Waals surface area contributed by atoms with Gasteiger partial charge >= 0.3 is 12.1 Å². The summed E-state index contributed by atoms with van der Waals surface area (Å²) in [6.07, 6.45) is 3.92. The molecule has 1 unspecified atom stereocenters. The smallest absolute Gasteiger partial charge is 0.404 e. The van der Waals surface area contributed by atoms with Crippen LogP contribution < -0.4 is 16.0 Å². The van der Waals surface area contributed by atoms with E-state index >= 15 is 0 Å². The summed E-state index contributed by atoms with van der Waals surface area (Å²) >= 11 is 6.81. The molecule has 9 heteroatoms. The minimum absolute atomic E-state index is 0.0801. The zero-order valence-electron chi connectivity index (χ0n) is 22.7. The Morgan fingerprint density at radius 1 is 1.15 bits per heavy atom. The quantitative estimate of drug-likeness (QED) is 0.280. The van der Waals surface area contributed by atoms with Crippen LogP contribution in [0.3, 0.4) is 0 Å². The third-order valence-electron chi connectivity index (χ3n) is 8.17. The van der Waals surface area contributed by atoms with Gasteiger partial charge in [0.05, 0.1) is 5.60 Å². The molecule has 2 aliphatic rings. The van der Waals surface area contributed by atoms with Crippen LogP contribution in [0.15, 0.2) is 42.5 Å². The Balaban J connectivity index is 1.65. The lowest BCUT2D eigenvalue weighted by Crippen LogP contribution is -2.53. The van der Waals surface area contributed by atoms with Crippen molar-refractivity contribution in [3.05, 3.63) is 58.6 Å². The lowest BCUT2D eigenvalue weighted by molar-refractivity contribution is -0.0548. The van der Waals surface area contributed by atoms with Crippen molar-refractivity contribution in [3.8, 4) is 11.1 Å². The summed E-state index contributed by atoms with van der Waals surface area (Å²) in [5.74, 6) is -0.235. The molecule has 2 atom stereocenters. The van der Waals surface area contributed by atoms with Crippen molar-refractivity contribution >= 4 is 23.7 Å². The lowest BCUT2D eigenvalue weighted by Gasteiger charge is -2.44. The van der Waals surface area contributed by atoms with Crippen molar-refractivity contribution in [1.29, 1.82) is 0 Å². The fourth-order valence-electron chi connectivity index (χ4n) is 6.02. The first kappa shape index (κ1) is 29.2. The summed E-state index contributed by atoms with van der Waals surface area (Å²) in [7, 11) is 0. The molecule has 2 aromatic rings. The molecule has 2 saturated heterocycles. The Morgan fingerprint density at radius 3 is 2.67 bits per heavy atom. The predicted octanol–water partition coefficient (Wildman–Crippen LogP) is 4.98. The van der Waals surface area contributed by atoms with Crippen LogP contribution in [-0.2, 0) is 12.0 Å². The summed E-state index contributed by atoms with van der Waals surface area (Å²) in [5, 5.41) is 31.1. The fraction of sp³-hybridized carbons (Fsp3) is 0.533. The highest BCUT2D eigenvalue weighted by molar-refractivity contribution is 6.33. The van der Waals surface area contributed by atoms with E-state index in [1.54, 1.807) is 0 Å². The number of carbonyl (C=O) groups excluding carboxylic acids is 1. The normalized spacial score (nSPS) is 19.8.